The average molecular weight is 319 g/mol. The first-order chi connectivity index (χ1) is 10.6. The molecule has 0 amide bonds. The highest BCUT2D eigenvalue weighted by Gasteiger charge is 2.23. The van der Waals surface area contributed by atoms with Crippen LogP contribution in [0.2, 0.25) is 5.02 Å². The van der Waals surface area contributed by atoms with E-state index in [0.717, 1.165) is 30.4 Å². The minimum Gasteiger partial charge on any atom is -0.384 e. The van der Waals surface area contributed by atoms with Crippen LogP contribution in [0.25, 0.3) is 0 Å². The third-order valence-electron chi connectivity index (χ3n) is 3.68. The molecule has 2 N–H and O–H groups in total. The van der Waals surface area contributed by atoms with Crippen molar-refractivity contribution in [1.29, 1.82) is 0 Å². The minimum atomic E-state index is -0.0648. The highest BCUT2D eigenvalue weighted by Crippen LogP contribution is 2.23. The Kier molecular flexibility index (Phi) is 4.57. The predicted molar refractivity (Wildman–Crippen MR) is 86.6 cm³/mol. The van der Waals surface area contributed by atoms with Crippen LogP contribution in [0.5, 0.6) is 0 Å². The van der Waals surface area contributed by atoms with Gasteiger partial charge in [-0.15, -0.1) is 0 Å². The van der Waals surface area contributed by atoms with Gasteiger partial charge in [0.15, 0.2) is 0 Å². The van der Waals surface area contributed by atoms with E-state index in [1.165, 1.54) is 5.56 Å². The third-order valence-corrected chi connectivity index (χ3v) is 3.93. The van der Waals surface area contributed by atoms with Gasteiger partial charge in [-0.2, -0.15) is 0 Å². The molecule has 0 aliphatic carbocycles. The van der Waals surface area contributed by atoms with Crippen LogP contribution >= 0.6 is 11.6 Å². The van der Waals surface area contributed by atoms with Crippen LogP contribution in [-0.2, 0) is 11.3 Å². The van der Waals surface area contributed by atoms with Gasteiger partial charge in [-0.3, -0.25) is 4.90 Å². The summed E-state index contributed by atoms with van der Waals surface area (Å²) in [5, 5.41) is 0.760. The number of anilines is 1. The van der Waals surface area contributed by atoms with Gasteiger partial charge in [0.05, 0.1) is 12.3 Å². The molecule has 1 atom stereocenters. The Hall–Kier alpha value is -1.69. The summed E-state index contributed by atoms with van der Waals surface area (Å²) in [6.45, 7) is 5.09. The number of benzene rings is 1. The molecule has 1 aromatic heterocycles. The lowest BCUT2D eigenvalue weighted by atomic mass is 10.1. The maximum atomic E-state index is 5.93. The van der Waals surface area contributed by atoms with Gasteiger partial charge in [0.2, 0.25) is 0 Å². The Balaban J connectivity index is 1.69. The highest BCUT2D eigenvalue weighted by molar-refractivity contribution is 6.30. The second-order valence-electron chi connectivity index (χ2n) is 5.49. The lowest BCUT2D eigenvalue weighted by Crippen LogP contribution is -2.38. The van der Waals surface area contributed by atoms with Crippen molar-refractivity contribution in [2.24, 2.45) is 0 Å². The molecule has 1 aromatic carbocycles. The molecule has 1 unspecified atom stereocenters. The van der Waals surface area contributed by atoms with Crippen molar-refractivity contribution >= 4 is 17.4 Å². The second kappa shape index (κ2) is 6.60. The van der Waals surface area contributed by atoms with E-state index in [-0.39, 0.29) is 6.10 Å². The summed E-state index contributed by atoms with van der Waals surface area (Å²) < 4.78 is 5.85. The zero-order valence-corrected chi connectivity index (χ0v) is 13.3. The van der Waals surface area contributed by atoms with Crippen molar-refractivity contribution < 1.29 is 4.74 Å². The summed E-state index contributed by atoms with van der Waals surface area (Å²) in [5.41, 5.74) is 7.90. The molecule has 2 aromatic rings. The van der Waals surface area contributed by atoms with Crippen LogP contribution in [0.4, 0.5) is 5.82 Å². The number of nitrogens with two attached hydrogens (primary N) is 1. The normalized spacial score (nSPS) is 19.3. The second-order valence-corrected chi connectivity index (χ2v) is 5.92. The van der Waals surface area contributed by atoms with E-state index in [2.05, 4.69) is 27.0 Å². The standard InChI is InChI=1S/C16H19ClN4O/c1-11-19-14(8-16(18)20-11)15-10-21(6-7-22-15)9-12-2-4-13(17)5-3-12/h2-5,8,15H,6-7,9-10H2,1H3,(H2,18,19,20). The number of halogens is 1. The first-order valence-corrected chi connectivity index (χ1v) is 7.67. The lowest BCUT2D eigenvalue weighted by Gasteiger charge is -2.32. The molecule has 1 fully saturated rings. The van der Waals surface area contributed by atoms with Crippen molar-refractivity contribution in [3.63, 3.8) is 0 Å². The Morgan fingerprint density at radius 3 is 2.82 bits per heavy atom. The smallest absolute Gasteiger partial charge is 0.128 e. The van der Waals surface area contributed by atoms with Crippen LogP contribution in [0.1, 0.15) is 23.2 Å². The fraction of sp³-hybridized carbons (Fsp3) is 0.375. The van der Waals surface area contributed by atoms with Crippen molar-refractivity contribution in [2.75, 3.05) is 25.4 Å². The first-order valence-electron chi connectivity index (χ1n) is 7.29. The predicted octanol–water partition coefficient (Wildman–Crippen LogP) is 2.59. The Labute approximate surface area is 135 Å². The van der Waals surface area contributed by atoms with Gasteiger partial charge in [-0.1, -0.05) is 23.7 Å². The number of ether oxygens (including phenoxy) is 1. The van der Waals surface area contributed by atoms with Crippen LogP contribution in [0.15, 0.2) is 30.3 Å². The molecule has 0 radical (unpaired) electrons. The maximum absolute atomic E-state index is 5.93. The van der Waals surface area contributed by atoms with Crippen LogP contribution < -0.4 is 5.73 Å². The largest absolute Gasteiger partial charge is 0.384 e. The molecule has 116 valence electrons. The molecule has 5 nitrogen and oxygen atoms in total. The molecule has 0 saturated carbocycles. The van der Waals surface area contributed by atoms with Gasteiger partial charge >= 0.3 is 0 Å². The van der Waals surface area contributed by atoms with Gasteiger partial charge in [0.25, 0.3) is 0 Å². The molecule has 3 rings (SSSR count). The molecular weight excluding hydrogens is 300 g/mol. The van der Waals surface area contributed by atoms with Gasteiger partial charge in [0.1, 0.15) is 17.7 Å². The third kappa shape index (κ3) is 3.74. The maximum Gasteiger partial charge on any atom is 0.128 e. The molecule has 1 aliphatic heterocycles. The van der Waals surface area contributed by atoms with E-state index in [4.69, 9.17) is 22.1 Å². The lowest BCUT2D eigenvalue weighted by molar-refractivity contribution is -0.0350. The fourth-order valence-corrected chi connectivity index (χ4v) is 2.78. The SMILES string of the molecule is Cc1nc(N)cc(C2CN(Cc3ccc(Cl)cc3)CCO2)n1. The fourth-order valence-electron chi connectivity index (χ4n) is 2.65. The monoisotopic (exact) mass is 318 g/mol. The van der Waals surface area contributed by atoms with Crippen molar-refractivity contribution in [2.45, 2.75) is 19.6 Å². The summed E-state index contributed by atoms with van der Waals surface area (Å²) in [4.78, 5) is 10.9. The Morgan fingerprint density at radius 2 is 2.09 bits per heavy atom. The molecule has 1 saturated heterocycles. The van der Waals surface area contributed by atoms with Crippen molar-refractivity contribution in [1.82, 2.24) is 14.9 Å². The number of nitrogens with zero attached hydrogens (tertiary/aromatic N) is 3. The number of morpholine rings is 1. The van der Waals surface area contributed by atoms with E-state index in [1.807, 2.05) is 19.1 Å². The molecule has 22 heavy (non-hydrogen) atoms. The van der Waals surface area contributed by atoms with E-state index in [0.29, 0.717) is 18.2 Å². The minimum absolute atomic E-state index is 0.0648. The zero-order valence-electron chi connectivity index (χ0n) is 12.5. The molecule has 0 spiro atoms. The summed E-state index contributed by atoms with van der Waals surface area (Å²) in [5.74, 6) is 1.16. The van der Waals surface area contributed by atoms with E-state index < -0.39 is 0 Å². The number of aromatic nitrogens is 2. The topological polar surface area (TPSA) is 64.3 Å². The summed E-state index contributed by atoms with van der Waals surface area (Å²) in [6, 6.07) is 9.75. The molecule has 6 heteroatoms. The van der Waals surface area contributed by atoms with Gasteiger partial charge in [0, 0.05) is 30.7 Å². The van der Waals surface area contributed by atoms with Crippen LogP contribution in [0.3, 0.4) is 0 Å². The van der Waals surface area contributed by atoms with E-state index >= 15 is 0 Å². The van der Waals surface area contributed by atoms with Gasteiger partial charge in [-0.05, 0) is 24.6 Å². The van der Waals surface area contributed by atoms with Crippen LogP contribution in [-0.4, -0.2) is 34.6 Å². The number of hydrogen-bond acceptors (Lipinski definition) is 5. The van der Waals surface area contributed by atoms with E-state index in [1.54, 1.807) is 6.07 Å². The van der Waals surface area contributed by atoms with Gasteiger partial charge < -0.3 is 10.5 Å². The number of hydrogen-bond donors (Lipinski definition) is 1. The first kappa shape index (κ1) is 15.2. The number of rotatable bonds is 3. The molecular formula is C16H19ClN4O. The summed E-state index contributed by atoms with van der Waals surface area (Å²) in [6.07, 6.45) is -0.0648. The Bertz CT molecular complexity index is 627. The van der Waals surface area contributed by atoms with E-state index in [9.17, 15) is 0 Å². The summed E-state index contributed by atoms with van der Waals surface area (Å²) in [7, 11) is 0. The quantitative estimate of drug-likeness (QED) is 0.942. The van der Waals surface area contributed by atoms with Crippen molar-refractivity contribution in [3.05, 3.63) is 52.4 Å². The van der Waals surface area contributed by atoms with Crippen LogP contribution in [0, 0.1) is 6.92 Å². The summed E-state index contributed by atoms with van der Waals surface area (Å²) >= 11 is 5.93. The number of aryl methyl sites for hydroxylation is 1. The van der Waals surface area contributed by atoms with Crippen molar-refractivity contribution in [3.8, 4) is 0 Å². The molecule has 2 heterocycles. The highest BCUT2D eigenvalue weighted by atomic mass is 35.5. The average Bonchev–Trinajstić information content (AvgIpc) is 2.49. The molecule has 1 aliphatic rings. The zero-order chi connectivity index (χ0) is 15.5. The van der Waals surface area contributed by atoms with Gasteiger partial charge in [-0.25, -0.2) is 9.97 Å². The number of nitrogen functional groups attached to an aromatic ring is 1. The molecule has 0 bridgehead atoms. The Morgan fingerprint density at radius 1 is 1.32 bits per heavy atom.